The first-order valence-corrected chi connectivity index (χ1v) is 5.68. The number of thiocarbonyl (C=S) groups is 1. The second-order valence-corrected chi connectivity index (χ2v) is 4.11. The van der Waals surface area contributed by atoms with E-state index in [0.29, 0.717) is 18.0 Å². The third-order valence-electron chi connectivity index (χ3n) is 2.17. The lowest BCUT2D eigenvalue weighted by Crippen LogP contribution is -2.32. The van der Waals surface area contributed by atoms with Crippen molar-refractivity contribution >= 4 is 23.1 Å². The van der Waals surface area contributed by atoms with E-state index in [1.54, 1.807) is 0 Å². The highest BCUT2D eigenvalue weighted by Gasteiger charge is 2.01. The van der Waals surface area contributed by atoms with E-state index in [2.05, 4.69) is 29.7 Å². The van der Waals surface area contributed by atoms with Crippen molar-refractivity contribution in [3.63, 3.8) is 0 Å². The zero-order chi connectivity index (χ0) is 11.8. The molecule has 86 valence electrons. The molecule has 0 atom stereocenters. The van der Waals surface area contributed by atoms with Gasteiger partial charge in [0, 0.05) is 6.42 Å². The number of benzene rings is 1. The van der Waals surface area contributed by atoms with Crippen LogP contribution in [0.4, 0.5) is 0 Å². The first-order valence-electron chi connectivity index (χ1n) is 5.27. The topological polar surface area (TPSA) is 55.1 Å². The number of amides is 1. The third kappa shape index (κ3) is 5.46. The van der Waals surface area contributed by atoms with E-state index in [9.17, 15) is 4.79 Å². The summed E-state index contributed by atoms with van der Waals surface area (Å²) in [5.41, 5.74) is 6.53. The predicted octanol–water partition coefficient (Wildman–Crippen LogP) is 1.41. The van der Waals surface area contributed by atoms with Crippen LogP contribution < -0.4 is 11.1 Å². The zero-order valence-corrected chi connectivity index (χ0v) is 9.93. The Morgan fingerprint density at radius 1 is 1.31 bits per heavy atom. The third-order valence-corrected chi connectivity index (χ3v) is 2.32. The summed E-state index contributed by atoms with van der Waals surface area (Å²) in [4.78, 5) is 11.6. The Morgan fingerprint density at radius 3 is 2.62 bits per heavy atom. The van der Waals surface area contributed by atoms with Crippen LogP contribution in [0.5, 0.6) is 0 Å². The van der Waals surface area contributed by atoms with E-state index in [-0.39, 0.29) is 5.91 Å². The van der Waals surface area contributed by atoms with Crippen LogP contribution in [0.3, 0.4) is 0 Å². The number of carbonyl (C=O) groups is 1. The molecular formula is C12H16N2OS. The van der Waals surface area contributed by atoms with Crippen LogP contribution in [-0.4, -0.2) is 17.4 Å². The first-order chi connectivity index (χ1) is 7.68. The highest BCUT2D eigenvalue weighted by molar-refractivity contribution is 7.80. The fourth-order valence-corrected chi connectivity index (χ4v) is 1.44. The van der Waals surface area contributed by atoms with Gasteiger partial charge in [0.05, 0.1) is 11.5 Å². The first kappa shape index (κ1) is 12.6. The van der Waals surface area contributed by atoms with Gasteiger partial charge in [0.1, 0.15) is 0 Å². The Kier molecular flexibility index (Phi) is 5.50. The molecule has 1 amide bonds. The molecule has 3 nitrogen and oxygen atoms in total. The number of hydrogen-bond donors (Lipinski definition) is 2. The number of nitrogens with one attached hydrogen (secondary N) is 1. The summed E-state index contributed by atoms with van der Waals surface area (Å²) in [5.74, 6) is 0.00345. The summed E-state index contributed by atoms with van der Waals surface area (Å²) >= 11 is 4.67. The van der Waals surface area contributed by atoms with Gasteiger partial charge in [0.2, 0.25) is 5.91 Å². The molecule has 0 fully saturated rings. The van der Waals surface area contributed by atoms with Gasteiger partial charge in [-0.1, -0.05) is 42.5 Å². The Balaban J connectivity index is 2.16. The Hall–Kier alpha value is -1.42. The molecule has 3 N–H and O–H groups in total. The van der Waals surface area contributed by atoms with Gasteiger partial charge in [0.15, 0.2) is 0 Å². The van der Waals surface area contributed by atoms with Crippen molar-refractivity contribution in [3.05, 3.63) is 35.9 Å². The summed E-state index contributed by atoms with van der Waals surface area (Å²) in [6.45, 7) is 0.291. The maximum Gasteiger partial charge on any atom is 0.220 e. The van der Waals surface area contributed by atoms with Crippen LogP contribution in [0, 0.1) is 0 Å². The fraction of sp³-hybridized carbons (Fsp3) is 0.333. The van der Waals surface area contributed by atoms with Gasteiger partial charge in [-0.2, -0.15) is 0 Å². The van der Waals surface area contributed by atoms with Crippen molar-refractivity contribution in [1.29, 1.82) is 0 Å². The molecule has 4 heteroatoms. The number of aryl methyl sites for hydroxylation is 1. The lowest BCUT2D eigenvalue weighted by Gasteiger charge is -2.03. The van der Waals surface area contributed by atoms with E-state index >= 15 is 0 Å². The Morgan fingerprint density at radius 2 is 2.00 bits per heavy atom. The zero-order valence-electron chi connectivity index (χ0n) is 9.11. The molecule has 0 unspecified atom stereocenters. The predicted molar refractivity (Wildman–Crippen MR) is 69.2 cm³/mol. The van der Waals surface area contributed by atoms with Crippen LogP contribution in [0.1, 0.15) is 18.4 Å². The van der Waals surface area contributed by atoms with Gasteiger partial charge in [-0.3, -0.25) is 4.79 Å². The van der Waals surface area contributed by atoms with Crippen LogP contribution >= 0.6 is 12.2 Å². The molecule has 0 saturated carbocycles. The molecule has 16 heavy (non-hydrogen) atoms. The van der Waals surface area contributed by atoms with Crippen molar-refractivity contribution < 1.29 is 4.79 Å². The van der Waals surface area contributed by atoms with Gasteiger partial charge in [-0.25, -0.2) is 0 Å². The molecule has 0 saturated heterocycles. The molecule has 1 aromatic carbocycles. The van der Waals surface area contributed by atoms with Gasteiger partial charge in [0.25, 0.3) is 0 Å². The Bertz CT molecular complexity index is 351. The van der Waals surface area contributed by atoms with Gasteiger partial charge in [-0.05, 0) is 18.4 Å². The van der Waals surface area contributed by atoms with Crippen LogP contribution in [0.2, 0.25) is 0 Å². The molecule has 0 aromatic heterocycles. The minimum Gasteiger partial charge on any atom is -0.392 e. The Labute approximate surface area is 101 Å². The number of rotatable bonds is 6. The molecule has 0 aliphatic carbocycles. The molecule has 0 bridgehead atoms. The molecule has 0 heterocycles. The smallest absolute Gasteiger partial charge is 0.220 e. The minimum absolute atomic E-state index is 0.00345. The lowest BCUT2D eigenvalue weighted by molar-refractivity contribution is -0.120. The number of nitrogens with two attached hydrogens (primary N) is 1. The molecule has 0 spiro atoms. The average molecular weight is 236 g/mol. The fourth-order valence-electron chi connectivity index (χ4n) is 1.37. The largest absolute Gasteiger partial charge is 0.392 e. The molecule has 1 rings (SSSR count). The van der Waals surface area contributed by atoms with Crippen molar-refractivity contribution in [2.24, 2.45) is 5.73 Å². The van der Waals surface area contributed by atoms with Crippen LogP contribution in [-0.2, 0) is 11.2 Å². The van der Waals surface area contributed by atoms with Gasteiger partial charge < -0.3 is 11.1 Å². The maximum absolute atomic E-state index is 11.3. The summed E-state index contributed by atoms with van der Waals surface area (Å²) in [6, 6.07) is 10.1. The van der Waals surface area contributed by atoms with Crippen molar-refractivity contribution in [2.75, 3.05) is 6.54 Å². The van der Waals surface area contributed by atoms with Crippen LogP contribution in [0.15, 0.2) is 30.3 Å². The second-order valence-electron chi connectivity index (χ2n) is 3.58. The van der Waals surface area contributed by atoms with Crippen LogP contribution in [0.25, 0.3) is 0 Å². The monoisotopic (exact) mass is 236 g/mol. The quantitative estimate of drug-likeness (QED) is 0.734. The van der Waals surface area contributed by atoms with Crippen molar-refractivity contribution in [2.45, 2.75) is 19.3 Å². The summed E-state index contributed by atoms with van der Waals surface area (Å²) in [7, 11) is 0. The van der Waals surface area contributed by atoms with E-state index in [0.717, 1.165) is 12.8 Å². The van der Waals surface area contributed by atoms with Crippen molar-refractivity contribution in [3.8, 4) is 0 Å². The standard InChI is InChI=1S/C12H16N2OS/c13-11(16)9-14-12(15)8-4-7-10-5-2-1-3-6-10/h1-3,5-6H,4,7-9H2,(H2,13,16)(H,14,15). The highest BCUT2D eigenvalue weighted by Crippen LogP contribution is 2.04. The van der Waals surface area contributed by atoms with Crippen molar-refractivity contribution in [1.82, 2.24) is 5.32 Å². The maximum atomic E-state index is 11.3. The van der Waals surface area contributed by atoms with E-state index in [1.807, 2.05) is 18.2 Å². The lowest BCUT2D eigenvalue weighted by atomic mass is 10.1. The van der Waals surface area contributed by atoms with E-state index < -0.39 is 0 Å². The highest BCUT2D eigenvalue weighted by atomic mass is 32.1. The molecule has 0 aliphatic heterocycles. The second kappa shape index (κ2) is 6.95. The molecule has 0 aliphatic rings. The summed E-state index contributed by atoms with van der Waals surface area (Å²) in [6.07, 6.45) is 2.27. The van der Waals surface area contributed by atoms with Gasteiger partial charge >= 0.3 is 0 Å². The average Bonchev–Trinajstić information content (AvgIpc) is 2.28. The number of carbonyl (C=O) groups excluding carboxylic acids is 1. The summed E-state index contributed by atoms with van der Waals surface area (Å²) < 4.78 is 0. The molecule has 1 aromatic rings. The SMILES string of the molecule is NC(=S)CNC(=O)CCCc1ccccc1. The normalized spacial score (nSPS) is 9.75. The van der Waals surface area contributed by atoms with Gasteiger partial charge in [-0.15, -0.1) is 0 Å². The van der Waals surface area contributed by atoms with E-state index in [1.165, 1.54) is 5.56 Å². The minimum atomic E-state index is 0.00345. The van der Waals surface area contributed by atoms with E-state index in [4.69, 9.17) is 5.73 Å². The number of hydrogen-bond acceptors (Lipinski definition) is 2. The summed E-state index contributed by atoms with van der Waals surface area (Å²) in [5, 5.41) is 2.66. The molecule has 0 radical (unpaired) electrons. The molecular weight excluding hydrogens is 220 g/mol.